The van der Waals surface area contributed by atoms with E-state index in [0.717, 1.165) is 22.2 Å². The molecule has 1 aliphatic heterocycles. The van der Waals surface area contributed by atoms with Crippen LogP contribution in [0.3, 0.4) is 0 Å². The van der Waals surface area contributed by atoms with Gasteiger partial charge in [-0.15, -0.1) is 29.9 Å². The van der Waals surface area contributed by atoms with Gasteiger partial charge in [-0.2, -0.15) is 0 Å². The minimum Gasteiger partial charge on any atom is -0.477 e. The van der Waals surface area contributed by atoms with Crippen molar-refractivity contribution in [3.63, 3.8) is 0 Å². The molecule has 2 nitrogen and oxygen atoms in total. The molecule has 1 heterocycles. The fraction of sp³-hybridized carbons (Fsp3) is 0.375. The lowest BCUT2D eigenvalue weighted by Gasteiger charge is -2.12. The van der Waals surface area contributed by atoms with Gasteiger partial charge in [-0.1, -0.05) is 5.92 Å². The molecule has 0 bridgehead atoms. The Morgan fingerprint density at radius 2 is 2.08 bits per heavy atom. The van der Waals surface area contributed by atoms with Crippen LogP contribution in [-0.4, -0.2) is 22.6 Å². The lowest BCUT2D eigenvalue weighted by Crippen LogP contribution is -2.03. The van der Waals surface area contributed by atoms with E-state index in [1.807, 2.05) is 0 Å². The smallest absolute Gasteiger partial charge is 0.345 e. The average Bonchev–Trinajstić information content (AvgIpc) is 2.07. The number of carboxylic acids is 1. The summed E-state index contributed by atoms with van der Waals surface area (Å²) in [6, 6.07) is 0. The second kappa shape index (κ2) is 4.48. The van der Waals surface area contributed by atoms with Crippen LogP contribution in [0.25, 0.3) is 0 Å². The molecule has 0 spiro atoms. The van der Waals surface area contributed by atoms with Gasteiger partial charge in [0.15, 0.2) is 0 Å². The molecule has 4 heteroatoms. The van der Waals surface area contributed by atoms with Crippen molar-refractivity contribution < 1.29 is 9.90 Å². The molecule has 64 valence electrons. The Balaban J connectivity index is 2.84. The Morgan fingerprint density at radius 1 is 1.50 bits per heavy atom. The zero-order chi connectivity index (χ0) is 8.97. The summed E-state index contributed by atoms with van der Waals surface area (Å²) >= 11 is 3.09. The van der Waals surface area contributed by atoms with Crippen molar-refractivity contribution in [1.82, 2.24) is 0 Å². The molecule has 12 heavy (non-hydrogen) atoms. The molecule has 0 aromatic rings. The SMILES string of the molecule is C#CC(C(=O)O)=C1SCCCS1. The van der Waals surface area contributed by atoms with Crippen LogP contribution < -0.4 is 0 Å². The number of aliphatic carboxylic acids is 1. The van der Waals surface area contributed by atoms with Crippen molar-refractivity contribution >= 4 is 29.5 Å². The van der Waals surface area contributed by atoms with Crippen molar-refractivity contribution in [1.29, 1.82) is 0 Å². The van der Waals surface area contributed by atoms with Gasteiger partial charge in [-0.3, -0.25) is 0 Å². The van der Waals surface area contributed by atoms with Crippen molar-refractivity contribution in [2.75, 3.05) is 11.5 Å². The summed E-state index contributed by atoms with van der Waals surface area (Å²) in [5.74, 6) is 3.16. The van der Waals surface area contributed by atoms with E-state index < -0.39 is 5.97 Å². The zero-order valence-electron chi connectivity index (χ0n) is 6.37. The molecule has 0 aliphatic carbocycles. The molecule has 0 aromatic carbocycles. The highest BCUT2D eigenvalue weighted by molar-refractivity contribution is 8.22. The quantitative estimate of drug-likeness (QED) is 0.517. The molecule has 0 atom stereocenters. The van der Waals surface area contributed by atoms with Gasteiger partial charge in [-0.25, -0.2) is 4.79 Å². The van der Waals surface area contributed by atoms with E-state index in [-0.39, 0.29) is 5.57 Å². The molecular weight excluding hydrogens is 192 g/mol. The molecule has 0 aromatic heterocycles. The van der Waals surface area contributed by atoms with Crippen molar-refractivity contribution in [3.05, 3.63) is 9.81 Å². The van der Waals surface area contributed by atoms with E-state index in [9.17, 15) is 4.79 Å². The summed E-state index contributed by atoms with van der Waals surface area (Å²) in [7, 11) is 0. The van der Waals surface area contributed by atoms with E-state index in [2.05, 4.69) is 5.92 Å². The highest BCUT2D eigenvalue weighted by atomic mass is 32.2. The van der Waals surface area contributed by atoms with E-state index in [4.69, 9.17) is 11.5 Å². The van der Waals surface area contributed by atoms with Crippen LogP contribution in [0.15, 0.2) is 9.81 Å². The first kappa shape index (κ1) is 9.56. The van der Waals surface area contributed by atoms with Gasteiger partial charge in [0.25, 0.3) is 0 Å². The first-order valence-corrected chi connectivity index (χ1v) is 5.42. The normalized spacial score (nSPS) is 16.8. The highest BCUT2D eigenvalue weighted by Crippen LogP contribution is 2.36. The Hall–Kier alpha value is -0.530. The van der Waals surface area contributed by atoms with Gasteiger partial charge >= 0.3 is 5.97 Å². The fourth-order valence-electron chi connectivity index (χ4n) is 0.783. The van der Waals surface area contributed by atoms with Gasteiger partial charge in [0.05, 0.1) is 4.24 Å². The Labute approximate surface area is 79.8 Å². The van der Waals surface area contributed by atoms with Crippen molar-refractivity contribution in [3.8, 4) is 12.3 Å². The third-order valence-electron chi connectivity index (χ3n) is 1.32. The number of terminal acetylenes is 1. The van der Waals surface area contributed by atoms with Gasteiger partial charge in [0.1, 0.15) is 5.57 Å². The van der Waals surface area contributed by atoms with Crippen LogP contribution in [0.5, 0.6) is 0 Å². The molecule has 1 saturated heterocycles. The highest BCUT2D eigenvalue weighted by Gasteiger charge is 2.15. The van der Waals surface area contributed by atoms with Crippen LogP contribution in [0.2, 0.25) is 0 Å². The van der Waals surface area contributed by atoms with Gasteiger partial charge < -0.3 is 5.11 Å². The van der Waals surface area contributed by atoms with Gasteiger partial charge in [0, 0.05) is 0 Å². The molecule has 0 saturated carbocycles. The van der Waals surface area contributed by atoms with Gasteiger partial charge in [-0.05, 0) is 17.9 Å². The molecule has 1 fully saturated rings. The second-order valence-corrected chi connectivity index (χ2v) is 4.63. The molecule has 0 radical (unpaired) electrons. The zero-order valence-corrected chi connectivity index (χ0v) is 8.00. The standard InChI is InChI=1S/C8H8O2S2/c1-2-6(7(9)10)8-11-4-3-5-12-8/h1H,3-5H2,(H,9,10). The monoisotopic (exact) mass is 200 g/mol. The number of hydrogen-bond donors (Lipinski definition) is 1. The number of carboxylic acid groups (broad SMARTS) is 1. The molecule has 0 amide bonds. The summed E-state index contributed by atoms with van der Waals surface area (Å²) < 4.78 is 0.788. The first-order valence-electron chi connectivity index (χ1n) is 3.45. The number of thioether (sulfide) groups is 2. The summed E-state index contributed by atoms with van der Waals surface area (Å²) in [5.41, 5.74) is 0.115. The first-order chi connectivity index (χ1) is 5.75. The van der Waals surface area contributed by atoms with E-state index in [0.29, 0.717) is 0 Å². The van der Waals surface area contributed by atoms with Crippen LogP contribution in [0.4, 0.5) is 0 Å². The fourth-order valence-corrected chi connectivity index (χ4v) is 3.33. The third-order valence-corrected chi connectivity index (χ3v) is 3.94. The van der Waals surface area contributed by atoms with Crippen LogP contribution in [-0.2, 0) is 4.79 Å². The lowest BCUT2D eigenvalue weighted by molar-refractivity contribution is -0.132. The minimum atomic E-state index is -0.991. The summed E-state index contributed by atoms with van der Waals surface area (Å²) in [5, 5.41) is 8.70. The molecular formula is C8H8O2S2. The van der Waals surface area contributed by atoms with Crippen LogP contribution in [0.1, 0.15) is 6.42 Å². The summed E-state index contributed by atoms with van der Waals surface area (Å²) in [6.45, 7) is 0. The van der Waals surface area contributed by atoms with E-state index in [1.54, 1.807) is 23.5 Å². The molecule has 1 aliphatic rings. The van der Waals surface area contributed by atoms with Gasteiger partial charge in [0.2, 0.25) is 0 Å². The van der Waals surface area contributed by atoms with Crippen molar-refractivity contribution in [2.45, 2.75) is 6.42 Å². The molecule has 1 rings (SSSR count). The predicted molar refractivity (Wildman–Crippen MR) is 53.0 cm³/mol. The predicted octanol–water partition coefficient (Wildman–Crippen LogP) is 1.79. The maximum Gasteiger partial charge on any atom is 0.345 e. The maximum atomic E-state index is 10.6. The maximum absolute atomic E-state index is 10.6. The van der Waals surface area contributed by atoms with Crippen molar-refractivity contribution in [2.24, 2.45) is 0 Å². The largest absolute Gasteiger partial charge is 0.477 e. The molecule has 1 N–H and O–H groups in total. The second-order valence-electron chi connectivity index (χ2n) is 2.16. The molecule has 0 unspecified atom stereocenters. The van der Waals surface area contributed by atoms with Crippen LogP contribution >= 0.6 is 23.5 Å². The topological polar surface area (TPSA) is 37.3 Å². The average molecular weight is 200 g/mol. The van der Waals surface area contributed by atoms with E-state index in [1.165, 1.54) is 0 Å². The summed E-state index contributed by atoms with van der Waals surface area (Å²) in [4.78, 5) is 10.6. The van der Waals surface area contributed by atoms with E-state index >= 15 is 0 Å². The Kier molecular flexibility index (Phi) is 3.57. The Morgan fingerprint density at radius 3 is 2.50 bits per heavy atom. The third kappa shape index (κ3) is 2.23. The lowest BCUT2D eigenvalue weighted by atomic mass is 10.3. The summed E-state index contributed by atoms with van der Waals surface area (Å²) in [6.07, 6.45) is 6.21. The number of carbonyl (C=O) groups is 1. The Bertz CT molecular complexity index is 255. The number of rotatable bonds is 1. The van der Waals surface area contributed by atoms with Crippen LogP contribution in [0, 0.1) is 12.3 Å². The number of hydrogen-bond acceptors (Lipinski definition) is 3. The minimum absolute atomic E-state index is 0.115.